The van der Waals surface area contributed by atoms with E-state index in [-0.39, 0.29) is 27.5 Å². The van der Waals surface area contributed by atoms with Gasteiger partial charge < -0.3 is 14.8 Å². The van der Waals surface area contributed by atoms with Gasteiger partial charge in [0, 0.05) is 22.4 Å². The Morgan fingerprint density at radius 3 is 2.41 bits per heavy atom. The summed E-state index contributed by atoms with van der Waals surface area (Å²) in [5, 5.41) is 18.9. The molecular weight excluding hydrogens is 566 g/mol. The predicted octanol–water partition coefficient (Wildman–Crippen LogP) is 6.29. The summed E-state index contributed by atoms with van der Waals surface area (Å²) in [6.07, 6.45) is -2.14. The minimum Gasteiger partial charge on any atom is -0.490 e. The van der Waals surface area contributed by atoms with E-state index in [1.165, 1.54) is 43.5 Å². The van der Waals surface area contributed by atoms with Crippen molar-refractivity contribution in [1.29, 1.82) is 10.0 Å². The van der Waals surface area contributed by atoms with Gasteiger partial charge in [-0.25, -0.2) is 13.4 Å². The second kappa shape index (κ2) is 10.6. The zero-order chi connectivity index (χ0) is 30.3. The van der Waals surface area contributed by atoms with E-state index in [1.807, 2.05) is 0 Å². The Hall–Kier alpha value is -4.25. The van der Waals surface area contributed by atoms with E-state index < -0.39 is 61.5 Å². The molecule has 1 aliphatic carbocycles. The quantitative estimate of drug-likeness (QED) is 0.308. The van der Waals surface area contributed by atoms with Crippen molar-refractivity contribution in [3.63, 3.8) is 0 Å². The molecule has 1 amide bonds. The standard InChI is InChI=1S/C27H25F4N5O4S/c1-14-11-18(26(13-32)9-6-10-26)20(28)22(39-3)21(14)40-25-19(15(2)23(35-36-25)27(29,30)31)24(37)34-16-7-5-8-17(12-16)41(4,33)38/h5,7-8,11-12,33H,6,9-10H2,1-4H3,(H,34,37). The van der Waals surface area contributed by atoms with Gasteiger partial charge in [-0.15, -0.1) is 10.2 Å². The van der Waals surface area contributed by atoms with Gasteiger partial charge in [-0.2, -0.15) is 18.4 Å². The number of hydrogen-bond donors (Lipinski definition) is 2. The predicted molar refractivity (Wildman–Crippen MR) is 140 cm³/mol. The lowest BCUT2D eigenvalue weighted by molar-refractivity contribution is -0.142. The molecule has 0 saturated heterocycles. The highest BCUT2D eigenvalue weighted by atomic mass is 32.2. The zero-order valence-electron chi connectivity index (χ0n) is 22.4. The number of carbonyl (C=O) groups excluding carboxylic acids is 1. The highest BCUT2D eigenvalue weighted by molar-refractivity contribution is 7.91. The summed E-state index contributed by atoms with van der Waals surface area (Å²) >= 11 is 0. The van der Waals surface area contributed by atoms with Crippen LogP contribution < -0.4 is 14.8 Å². The maximum Gasteiger partial charge on any atom is 0.435 e. The number of hydrogen-bond acceptors (Lipinski definition) is 8. The molecule has 1 aliphatic rings. The van der Waals surface area contributed by atoms with Crippen molar-refractivity contribution in [2.45, 2.75) is 49.6 Å². The average molecular weight is 592 g/mol. The summed E-state index contributed by atoms with van der Waals surface area (Å²) in [5.74, 6) is -3.27. The Morgan fingerprint density at radius 2 is 1.88 bits per heavy atom. The van der Waals surface area contributed by atoms with Crippen LogP contribution in [-0.2, 0) is 21.3 Å². The number of nitrogens with zero attached hydrogens (tertiary/aromatic N) is 3. The maximum absolute atomic E-state index is 15.6. The Kier molecular flexibility index (Phi) is 7.70. The van der Waals surface area contributed by atoms with Gasteiger partial charge in [-0.1, -0.05) is 6.07 Å². The number of methoxy groups -OCH3 is 1. The lowest BCUT2D eigenvalue weighted by Gasteiger charge is -2.36. The Bertz CT molecular complexity index is 1700. The molecular formula is C27H25F4N5O4S. The van der Waals surface area contributed by atoms with E-state index in [0.29, 0.717) is 12.8 Å². The van der Waals surface area contributed by atoms with Gasteiger partial charge in [0.25, 0.3) is 11.8 Å². The van der Waals surface area contributed by atoms with Crippen molar-refractivity contribution in [3.8, 4) is 23.4 Å². The van der Waals surface area contributed by atoms with Crippen molar-refractivity contribution in [1.82, 2.24) is 10.2 Å². The van der Waals surface area contributed by atoms with Crippen LogP contribution >= 0.6 is 0 Å². The van der Waals surface area contributed by atoms with E-state index in [1.54, 1.807) is 0 Å². The number of rotatable bonds is 7. The number of alkyl halides is 3. The largest absolute Gasteiger partial charge is 0.490 e. The van der Waals surface area contributed by atoms with Crippen LogP contribution in [0.2, 0.25) is 0 Å². The van der Waals surface area contributed by atoms with Crippen LogP contribution in [0.1, 0.15) is 52.0 Å². The number of aromatic nitrogens is 2. The van der Waals surface area contributed by atoms with Crippen LogP contribution in [0.3, 0.4) is 0 Å². The van der Waals surface area contributed by atoms with E-state index in [9.17, 15) is 27.4 Å². The van der Waals surface area contributed by atoms with E-state index >= 15 is 4.39 Å². The van der Waals surface area contributed by atoms with E-state index in [2.05, 4.69) is 21.6 Å². The number of ether oxygens (including phenoxy) is 2. The van der Waals surface area contributed by atoms with Gasteiger partial charge >= 0.3 is 6.18 Å². The molecule has 0 radical (unpaired) electrons. The first kappa shape index (κ1) is 29.7. The number of halogens is 4. The number of anilines is 1. The van der Waals surface area contributed by atoms with Gasteiger partial charge in [-0.05, 0) is 68.5 Å². The van der Waals surface area contributed by atoms with Gasteiger partial charge in [-0.3, -0.25) is 4.79 Å². The molecule has 1 atom stereocenters. The zero-order valence-corrected chi connectivity index (χ0v) is 23.2. The highest BCUT2D eigenvalue weighted by Crippen LogP contribution is 2.49. The summed E-state index contributed by atoms with van der Waals surface area (Å²) in [6, 6.07) is 9.06. The molecule has 1 aromatic heterocycles. The van der Waals surface area contributed by atoms with Gasteiger partial charge in [0.1, 0.15) is 5.56 Å². The fourth-order valence-electron chi connectivity index (χ4n) is 4.59. The summed E-state index contributed by atoms with van der Waals surface area (Å²) in [5.41, 5.74) is -3.27. The number of carbonyl (C=O) groups is 1. The monoisotopic (exact) mass is 591 g/mol. The van der Waals surface area contributed by atoms with E-state index in [4.69, 9.17) is 14.3 Å². The van der Waals surface area contributed by atoms with Crippen LogP contribution in [0.25, 0.3) is 0 Å². The van der Waals surface area contributed by atoms with Crippen molar-refractivity contribution >= 4 is 21.3 Å². The first-order valence-corrected chi connectivity index (χ1v) is 14.2. The molecule has 9 nitrogen and oxygen atoms in total. The molecule has 4 rings (SSSR count). The maximum atomic E-state index is 15.6. The van der Waals surface area contributed by atoms with Crippen molar-refractivity contribution < 1.29 is 36.0 Å². The molecule has 0 bridgehead atoms. The van der Waals surface area contributed by atoms with Crippen molar-refractivity contribution in [2.75, 3.05) is 18.7 Å². The molecule has 0 aliphatic heterocycles. The normalized spacial score (nSPS) is 15.7. The second-order valence-electron chi connectivity index (χ2n) is 9.74. The number of benzene rings is 2. The fraction of sp³-hybridized carbons (Fsp3) is 0.333. The number of nitriles is 1. The number of nitrogens with one attached hydrogen (secondary N) is 2. The minimum absolute atomic E-state index is 0.0523. The van der Waals surface area contributed by atoms with Crippen molar-refractivity contribution in [3.05, 3.63) is 64.1 Å². The SMILES string of the molecule is COc1c(F)c(C2(C#N)CCC2)cc(C)c1Oc1nnc(C(F)(F)F)c(C)c1C(=O)Nc1cccc(S(C)(=N)=O)c1. The molecule has 216 valence electrons. The minimum atomic E-state index is -4.96. The lowest BCUT2D eigenvalue weighted by Crippen LogP contribution is -2.33. The molecule has 0 spiro atoms. The van der Waals surface area contributed by atoms with Gasteiger partial charge in [0.2, 0.25) is 0 Å². The molecule has 1 fully saturated rings. The smallest absolute Gasteiger partial charge is 0.435 e. The Morgan fingerprint density at radius 1 is 1.20 bits per heavy atom. The topological polar surface area (TPSA) is 138 Å². The molecule has 1 heterocycles. The highest BCUT2D eigenvalue weighted by Gasteiger charge is 2.43. The van der Waals surface area contributed by atoms with Crippen LogP contribution in [0.5, 0.6) is 17.4 Å². The third kappa shape index (κ3) is 5.54. The molecule has 1 unspecified atom stereocenters. The Balaban J connectivity index is 1.83. The third-order valence-corrected chi connectivity index (χ3v) is 8.08. The first-order chi connectivity index (χ1) is 19.1. The van der Waals surface area contributed by atoms with Crippen LogP contribution in [0.4, 0.5) is 23.2 Å². The van der Waals surface area contributed by atoms with Crippen molar-refractivity contribution in [2.24, 2.45) is 0 Å². The summed E-state index contributed by atoms with van der Waals surface area (Å²) in [7, 11) is -1.99. The number of amides is 1. The van der Waals surface area contributed by atoms with Gasteiger partial charge in [0.05, 0.1) is 28.3 Å². The Labute approximate surface area is 233 Å². The average Bonchev–Trinajstić information content (AvgIpc) is 2.85. The van der Waals surface area contributed by atoms with Crippen LogP contribution in [0.15, 0.2) is 35.2 Å². The molecule has 1 saturated carbocycles. The third-order valence-electron chi connectivity index (χ3n) is 6.92. The summed E-state index contributed by atoms with van der Waals surface area (Å²) in [4.78, 5) is 13.5. The summed E-state index contributed by atoms with van der Waals surface area (Å²) < 4.78 is 87.6. The lowest BCUT2D eigenvalue weighted by atomic mass is 9.65. The van der Waals surface area contributed by atoms with Crippen LogP contribution in [-0.4, -0.2) is 33.7 Å². The number of aryl methyl sites for hydroxylation is 1. The molecule has 41 heavy (non-hydrogen) atoms. The molecule has 3 aromatic rings. The summed E-state index contributed by atoms with van der Waals surface area (Å²) in [6.45, 7) is 2.54. The van der Waals surface area contributed by atoms with Crippen LogP contribution in [0, 0.1) is 35.8 Å². The molecule has 2 N–H and O–H groups in total. The second-order valence-corrected chi connectivity index (χ2v) is 11.9. The first-order valence-electron chi connectivity index (χ1n) is 12.2. The van der Waals surface area contributed by atoms with E-state index in [0.717, 1.165) is 20.5 Å². The molecule has 2 aromatic carbocycles. The van der Waals surface area contributed by atoms with Gasteiger partial charge in [0.15, 0.2) is 23.0 Å². The molecule has 14 heteroatoms. The fourth-order valence-corrected chi connectivity index (χ4v) is 5.28.